The Hall–Kier alpha value is -2.64. The lowest BCUT2D eigenvalue weighted by Gasteiger charge is -2.14. The number of thioether (sulfide) groups is 1. The summed E-state index contributed by atoms with van der Waals surface area (Å²) in [5.41, 5.74) is 1.59. The highest BCUT2D eigenvalue weighted by molar-refractivity contribution is 8.00. The minimum Gasteiger partial charge on any atom is -0.325 e. The van der Waals surface area contributed by atoms with E-state index >= 15 is 0 Å². The lowest BCUT2D eigenvalue weighted by Crippen LogP contribution is -2.25. The van der Waals surface area contributed by atoms with Crippen LogP contribution in [-0.2, 0) is 11.8 Å². The summed E-state index contributed by atoms with van der Waals surface area (Å²) in [4.78, 5) is 32.0. The molecule has 0 aliphatic carbocycles. The molecule has 0 radical (unpaired) electrons. The van der Waals surface area contributed by atoms with E-state index < -0.39 is 5.25 Å². The number of hydrogen-bond donors (Lipinski definition) is 1. The first kappa shape index (κ1) is 21.6. The number of benzene rings is 1. The van der Waals surface area contributed by atoms with E-state index in [0.717, 1.165) is 10.4 Å². The van der Waals surface area contributed by atoms with E-state index in [9.17, 15) is 9.59 Å². The summed E-state index contributed by atoms with van der Waals surface area (Å²) in [6.07, 6.45) is 0. The lowest BCUT2D eigenvalue weighted by atomic mass is 10.2. The molecular weight excluding hydrogens is 472 g/mol. The summed E-state index contributed by atoms with van der Waals surface area (Å²) in [5.74, 6) is -0.259. The first-order chi connectivity index (χ1) is 14.9. The molecule has 0 spiro atoms. The summed E-state index contributed by atoms with van der Waals surface area (Å²) in [5, 5.41) is 16.5. The molecule has 156 valence electrons. The van der Waals surface area contributed by atoms with Gasteiger partial charge in [0, 0.05) is 28.6 Å². The van der Waals surface area contributed by atoms with Gasteiger partial charge in [-0.05, 0) is 36.6 Å². The molecule has 10 heteroatoms. The number of hydrogen-bond acceptors (Lipinski definition) is 7. The molecule has 0 saturated carbocycles. The molecule has 0 aliphatic rings. The van der Waals surface area contributed by atoms with Crippen molar-refractivity contribution in [2.24, 2.45) is 7.05 Å². The van der Waals surface area contributed by atoms with E-state index in [1.807, 2.05) is 29.0 Å². The number of fused-ring (bicyclic) bond motifs is 1. The number of nitrogens with zero attached hydrogens (tertiary/aromatic N) is 3. The number of anilines is 1. The van der Waals surface area contributed by atoms with E-state index in [0.29, 0.717) is 26.6 Å². The monoisotopic (exact) mass is 486 g/mol. The summed E-state index contributed by atoms with van der Waals surface area (Å²) in [6.45, 7) is 1.74. The molecule has 1 atom stereocenters. The first-order valence-corrected chi connectivity index (χ1v) is 12.1. The van der Waals surface area contributed by atoms with E-state index in [1.54, 1.807) is 37.4 Å². The Bertz CT molecular complexity index is 1390. The SMILES string of the molecule is C[C@H](Sc1nc2scc(-c3cccs3)c2c(=O)n1C)C(=O)Nc1ccc(C#N)c(Cl)c1. The third-order valence-corrected chi connectivity index (χ3v) is 7.80. The molecule has 3 heterocycles. The van der Waals surface area contributed by atoms with Gasteiger partial charge in [-0.2, -0.15) is 5.26 Å². The van der Waals surface area contributed by atoms with E-state index in [1.165, 1.54) is 33.7 Å². The fourth-order valence-corrected chi connectivity index (χ4v) is 5.81. The zero-order valence-corrected chi connectivity index (χ0v) is 19.6. The molecule has 4 rings (SSSR count). The van der Waals surface area contributed by atoms with Crippen molar-refractivity contribution in [2.75, 3.05) is 5.32 Å². The van der Waals surface area contributed by atoms with Crippen molar-refractivity contribution in [1.82, 2.24) is 9.55 Å². The molecule has 1 amide bonds. The highest BCUT2D eigenvalue weighted by atomic mass is 35.5. The number of amides is 1. The Morgan fingerprint density at radius 2 is 2.16 bits per heavy atom. The van der Waals surface area contributed by atoms with Gasteiger partial charge in [0.25, 0.3) is 5.56 Å². The van der Waals surface area contributed by atoms with Gasteiger partial charge in [-0.3, -0.25) is 14.2 Å². The molecule has 1 N–H and O–H groups in total. The van der Waals surface area contributed by atoms with Crippen molar-refractivity contribution in [2.45, 2.75) is 17.3 Å². The Balaban J connectivity index is 1.57. The number of rotatable bonds is 5. The van der Waals surface area contributed by atoms with Crippen molar-refractivity contribution in [3.8, 4) is 16.5 Å². The first-order valence-electron chi connectivity index (χ1n) is 9.08. The predicted molar refractivity (Wildman–Crippen MR) is 128 cm³/mol. The minimum absolute atomic E-state index is 0.136. The van der Waals surface area contributed by atoms with Gasteiger partial charge >= 0.3 is 0 Å². The maximum Gasteiger partial charge on any atom is 0.263 e. The molecule has 0 saturated heterocycles. The van der Waals surface area contributed by atoms with Gasteiger partial charge in [0.05, 0.1) is 21.2 Å². The second kappa shape index (κ2) is 8.85. The summed E-state index contributed by atoms with van der Waals surface area (Å²) in [6, 6.07) is 10.6. The van der Waals surface area contributed by atoms with E-state index in [2.05, 4.69) is 10.3 Å². The van der Waals surface area contributed by atoms with Crippen LogP contribution in [0, 0.1) is 11.3 Å². The van der Waals surface area contributed by atoms with Crippen LogP contribution in [0.1, 0.15) is 12.5 Å². The third kappa shape index (κ3) is 4.25. The quantitative estimate of drug-likeness (QED) is 0.302. The lowest BCUT2D eigenvalue weighted by molar-refractivity contribution is -0.115. The average Bonchev–Trinajstić information content (AvgIpc) is 3.41. The Labute approximate surface area is 195 Å². The van der Waals surface area contributed by atoms with Crippen molar-refractivity contribution < 1.29 is 4.79 Å². The number of aromatic nitrogens is 2. The summed E-state index contributed by atoms with van der Waals surface area (Å²) < 4.78 is 1.49. The van der Waals surface area contributed by atoms with Crippen LogP contribution in [0.2, 0.25) is 5.02 Å². The molecule has 0 unspecified atom stereocenters. The summed E-state index contributed by atoms with van der Waals surface area (Å²) in [7, 11) is 1.66. The van der Waals surface area contributed by atoms with E-state index in [-0.39, 0.29) is 16.5 Å². The van der Waals surface area contributed by atoms with Crippen LogP contribution in [0.5, 0.6) is 0 Å². The largest absolute Gasteiger partial charge is 0.325 e. The Kier molecular flexibility index (Phi) is 6.16. The summed E-state index contributed by atoms with van der Waals surface area (Å²) >= 11 is 10.2. The van der Waals surface area contributed by atoms with E-state index in [4.69, 9.17) is 16.9 Å². The number of carbonyl (C=O) groups excluding carboxylic acids is 1. The zero-order valence-electron chi connectivity index (χ0n) is 16.4. The number of nitrogens with one attached hydrogen (secondary N) is 1. The van der Waals surface area contributed by atoms with Gasteiger partial charge in [0.15, 0.2) is 5.16 Å². The fraction of sp³-hybridized carbons (Fsp3) is 0.143. The third-order valence-electron chi connectivity index (χ3n) is 4.57. The molecule has 0 fully saturated rings. The van der Waals surface area contributed by atoms with Crippen molar-refractivity contribution in [3.63, 3.8) is 0 Å². The van der Waals surface area contributed by atoms with Crippen LogP contribution in [0.3, 0.4) is 0 Å². The molecule has 0 bridgehead atoms. The topological polar surface area (TPSA) is 87.8 Å². The molecule has 6 nitrogen and oxygen atoms in total. The second-order valence-corrected chi connectivity index (χ2v) is 10.1. The number of halogens is 1. The highest BCUT2D eigenvalue weighted by Crippen LogP contribution is 2.35. The molecule has 1 aromatic carbocycles. The van der Waals surface area contributed by atoms with Crippen LogP contribution in [-0.4, -0.2) is 20.7 Å². The molecule has 31 heavy (non-hydrogen) atoms. The number of carbonyl (C=O) groups is 1. The van der Waals surface area contributed by atoms with Gasteiger partial charge in [-0.1, -0.05) is 29.4 Å². The number of nitriles is 1. The van der Waals surface area contributed by atoms with Crippen LogP contribution in [0.15, 0.2) is 51.0 Å². The maximum absolute atomic E-state index is 13.0. The highest BCUT2D eigenvalue weighted by Gasteiger charge is 2.21. The number of thiophene rings is 2. The van der Waals surface area contributed by atoms with Gasteiger partial charge < -0.3 is 5.32 Å². The van der Waals surface area contributed by atoms with Gasteiger partial charge in [-0.15, -0.1) is 22.7 Å². The van der Waals surface area contributed by atoms with Crippen molar-refractivity contribution in [3.05, 3.63) is 62.0 Å². The molecule has 4 aromatic rings. The maximum atomic E-state index is 13.0. The normalized spacial score (nSPS) is 11.9. The standard InChI is InChI=1S/C21H15ClN4O2S3/c1-11(18(27)24-13-6-5-12(9-23)15(22)8-13)31-21-25-19-17(20(28)26(21)2)14(10-30-19)16-4-3-7-29-16/h3-8,10-11H,1-2H3,(H,24,27)/t11-/m0/s1. The Morgan fingerprint density at radius 3 is 2.84 bits per heavy atom. The van der Waals surface area contributed by atoms with Crippen LogP contribution >= 0.6 is 46.0 Å². The smallest absolute Gasteiger partial charge is 0.263 e. The predicted octanol–water partition coefficient (Wildman–Crippen LogP) is 5.37. The fourth-order valence-electron chi connectivity index (χ4n) is 2.91. The van der Waals surface area contributed by atoms with Gasteiger partial charge in [0.1, 0.15) is 10.9 Å². The molecule has 3 aromatic heterocycles. The average molecular weight is 487 g/mol. The van der Waals surface area contributed by atoms with Crippen LogP contribution in [0.4, 0.5) is 5.69 Å². The second-order valence-electron chi connectivity index (χ2n) is 6.62. The zero-order chi connectivity index (χ0) is 22.1. The Morgan fingerprint density at radius 1 is 1.35 bits per heavy atom. The van der Waals surface area contributed by atoms with Gasteiger partial charge in [-0.25, -0.2) is 4.98 Å². The van der Waals surface area contributed by atoms with Gasteiger partial charge in [0.2, 0.25) is 5.91 Å². The van der Waals surface area contributed by atoms with Crippen LogP contribution < -0.4 is 10.9 Å². The minimum atomic E-state index is -0.512. The van der Waals surface area contributed by atoms with Crippen LogP contribution in [0.25, 0.3) is 20.7 Å². The molecule has 0 aliphatic heterocycles. The van der Waals surface area contributed by atoms with Crippen molar-refractivity contribution >= 4 is 67.8 Å². The molecular formula is C21H15ClN4O2S3. The van der Waals surface area contributed by atoms with Crippen molar-refractivity contribution in [1.29, 1.82) is 5.26 Å².